The number of hydrogen-bond donors (Lipinski definition) is 1. The number of aliphatic hydroxyl groups is 1. The average molecular weight is 344 g/mol. The van der Waals surface area contributed by atoms with Crippen LogP contribution in [-0.4, -0.2) is 31.7 Å². The van der Waals surface area contributed by atoms with Crippen molar-refractivity contribution in [3.05, 3.63) is 53.7 Å². The summed E-state index contributed by atoms with van der Waals surface area (Å²) in [6.45, 7) is 1.39. The summed E-state index contributed by atoms with van der Waals surface area (Å²) in [4.78, 5) is 10.6. The summed E-state index contributed by atoms with van der Waals surface area (Å²) < 4.78 is 24.0. The van der Waals surface area contributed by atoms with Gasteiger partial charge in [-0.25, -0.2) is 9.37 Å². The molecule has 1 N–H and O–H groups in total. The van der Waals surface area contributed by atoms with E-state index in [1.165, 1.54) is 12.1 Å². The molecule has 0 aromatic carbocycles. The number of nitrogens with zero attached hydrogens (tertiary/aromatic N) is 4. The standard InChI is InChI=1S/C17H17FN4O3/c18-11-3-6-14(19-8-11)16-20-17(25-21-16)15-2-1-7-22(15)9-12-4-5-13(10-23)24-12/h3-6,8,15,23H,1-2,7,9-10H2/t15-/m0/s1. The Bertz CT molecular complexity index is 846. The van der Waals surface area contributed by atoms with E-state index in [1.807, 2.05) is 6.07 Å². The van der Waals surface area contributed by atoms with Gasteiger partial charge in [0.25, 0.3) is 0 Å². The largest absolute Gasteiger partial charge is 0.462 e. The fourth-order valence-corrected chi connectivity index (χ4v) is 3.07. The SMILES string of the molecule is OCc1ccc(CN2CCC[C@H]2c2nc(-c3ccc(F)cn3)no2)o1. The number of rotatable bonds is 5. The third kappa shape index (κ3) is 3.31. The molecule has 0 bridgehead atoms. The topological polar surface area (TPSA) is 88.4 Å². The quantitative estimate of drug-likeness (QED) is 0.761. The Morgan fingerprint density at radius 3 is 2.88 bits per heavy atom. The van der Waals surface area contributed by atoms with E-state index in [0.29, 0.717) is 29.7 Å². The van der Waals surface area contributed by atoms with Crippen LogP contribution in [-0.2, 0) is 13.2 Å². The van der Waals surface area contributed by atoms with Crippen LogP contribution in [0, 0.1) is 5.82 Å². The highest BCUT2D eigenvalue weighted by atomic mass is 19.1. The normalized spacial score (nSPS) is 18.1. The molecule has 3 aromatic rings. The molecule has 130 valence electrons. The molecule has 25 heavy (non-hydrogen) atoms. The van der Waals surface area contributed by atoms with E-state index < -0.39 is 5.82 Å². The van der Waals surface area contributed by atoms with Gasteiger partial charge in [-0.15, -0.1) is 0 Å². The highest BCUT2D eigenvalue weighted by Gasteiger charge is 2.31. The zero-order valence-corrected chi connectivity index (χ0v) is 13.4. The molecule has 1 fully saturated rings. The van der Waals surface area contributed by atoms with Crippen LogP contribution in [0.15, 0.2) is 39.4 Å². The summed E-state index contributed by atoms with van der Waals surface area (Å²) in [5.74, 6) is 1.80. The highest BCUT2D eigenvalue weighted by Crippen LogP contribution is 2.33. The third-order valence-electron chi connectivity index (χ3n) is 4.28. The van der Waals surface area contributed by atoms with Crippen molar-refractivity contribution in [1.82, 2.24) is 20.0 Å². The number of furan rings is 1. The molecule has 0 aliphatic carbocycles. The number of aliphatic hydroxyl groups excluding tert-OH is 1. The fraction of sp³-hybridized carbons (Fsp3) is 0.353. The number of pyridine rings is 1. The fourth-order valence-electron chi connectivity index (χ4n) is 3.07. The van der Waals surface area contributed by atoms with E-state index in [-0.39, 0.29) is 12.6 Å². The summed E-state index contributed by atoms with van der Waals surface area (Å²) >= 11 is 0. The van der Waals surface area contributed by atoms with Gasteiger partial charge in [0.2, 0.25) is 11.7 Å². The number of likely N-dealkylation sites (tertiary alicyclic amines) is 1. The molecule has 0 unspecified atom stereocenters. The number of halogens is 1. The van der Waals surface area contributed by atoms with Crippen molar-refractivity contribution in [2.24, 2.45) is 0 Å². The van der Waals surface area contributed by atoms with Crippen LogP contribution in [0.1, 0.15) is 36.3 Å². The van der Waals surface area contributed by atoms with Crippen LogP contribution >= 0.6 is 0 Å². The van der Waals surface area contributed by atoms with Gasteiger partial charge in [0.15, 0.2) is 0 Å². The van der Waals surface area contributed by atoms with E-state index in [4.69, 9.17) is 14.0 Å². The van der Waals surface area contributed by atoms with Gasteiger partial charge in [-0.05, 0) is 43.7 Å². The first kappa shape index (κ1) is 15.9. The Kier molecular flexibility index (Phi) is 4.29. The Hall–Kier alpha value is -2.58. The van der Waals surface area contributed by atoms with Crippen LogP contribution in [0.2, 0.25) is 0 Å². The minimum atomic E-state index is -0.407. The van der Waals surface area contributed by atoms with E-state index in [0.717, 1.165) is 31.3 Å². The van der Waals surface area contributed by atoms with Gasteiger partial charge in [0.1, 0.15) is 29.6 Å². The van der Waals surface area contributed by atoms with E-state index in [2.05, 4.69) is 20.0 Å². The molecule has 3 aromatic heterocycles. The highest BCUT2D eigenvalue weighted by molar-refractivity contribution is 5.47. The van der Waals surface area contributed by atoms with Crippen molar-refractivity contribution in [3.63, 3.8) is 0 Å². The van der Waals surface area contributed by atoms with Crippen molar-refractivity contribution >= 4 is 0 Å². The predicted molar refractivity (Wildman–Crippen MR) is 84.5 cm³/mol. The Balaban J connectivity index is 1.51. The van der Waals surface area contributed by atoms with Crippen molar-refractivity contribution in [3.8, 4) is 11.5 Å². The van der Waals surface area contributed by atoms with Crippen LogP contribution in [0.25, 0.3) is 11.5 Å². The van der Waals surface area contributed by atoms with Gasteiger partial charge >= 0.3 is 0 Å². The maximum atomic E-state index is 13.0. The molecule has 8 heteroatoms. The summed E-state index contributed by atoms with van der Waals surface area (Å²) in [6.07, 6.45) is 3.06. The summed E-state index contributed by atoms with van der Waals surface area (Å²) in [5.41, 5.74) is 0.472. The lowest BCUT2D eigenvalue weighted by Crippen LogP contribution is -2.22. The van der Waals surface area contributed by atoms with Crippen molar-refractivity contribution < 1.29 is 18.4 Å². The first-order valence-corrected chi connectivity index (χ1v) is 8.11. The Labute approximate surface area is 143 Å². The lowest BCUT2D eigenvalue weighted by molar-refractivity contribution is 0.182. The van der Waals surface area contributed by atoms with Crippen LogP contribution in [0.5, 0.6) is 0 Å². The molecule has 7 nitrogen and oxygen atoms in total. The second-order valence-electron chi connectivity index (χ2n) is 5.97. The molecule has 1 atom stereocenters. The molecule has 1 saturated heterocycles. The summed E-state index contributed by atoms with van der Waals surface area (Å²) in [6, 6.07) is 6.48. The monoisotopic (exact) mass is 344 g/mol. The zero-order valence-electron chi connectivity index (χ0n) is 13.4. The summed E-state index contributed by atoms with van der Waals surface area (Å²) in [7, 11) is 0. The molecule has 1 aliphatic rings. The number of aromatic nitrogens is 3. The Morgan fingerprint density at radius 1 is 1.24 bits per heavy atom. The minimum Gasteiger partial charge on any atom is -0.462 e. The van der Waals surface area contributed by atoms with Crippen molar-refractivity contribution in [2.45, 2.75) is 32.0 Å². The molecule has 1 aliphatic heterocycles. The van der Waals surface area contributed by atoms with Gasteiger partial charge in [0.05, 0.1) is 18.8 Å². The van der Waals surface area contributed by atoms with E-state index in [1.54, 1.807) is 6.07 Å². The first-order chi connectivity index (χ1) is 12.2. The lowest BCUT2D eigenvalue weighted by atomic mass is 10.2. The second-order valence-corrected chi connectivity index (χ2v) is 5.97. The second kappa shape index (κ2) is 6.73. The molecular weight excluding hydrogens is 327 g/mol. The minimum absolute atomic E-state index is 0.00405. The van der Waals surface area contributed by atoms with Crippen LogP contribution in [0.4, 0.5) is 4.39 Å². The van der Waals surface area contributed by atoms with Crippen molar-refractivity contribution in [1.29, 1.82) is 0 Å². The maximum absolute atomic E-state index is 13.0. The molecule has 0 saturated carbocycles. The first-order valence-electron chi connectivity index (χ1n) is 8.11. The molecule has 0 amide bonds. The zero-order chi connectivity index (χ0) is 17.2. The van der Waals surface area contributed by atoms with Gasteiger partial charge < -0.3 is 14.0 Å². The molecular formula is C17H17FN4O3. The van der Waals surface area contributed by atoms with Gasteiger partial charge in [0, 0.05) is 0 Å². The van der Waals surface area contributed by atoms with Crippen LogP contribution < -0.4 is 0 Å². The van der Waals surface area contributed by atoms with Gasteiger partial charge in [-0.2, -0.15) is 4.98 Å². The average Bonchev–Trinajstić information content (AvgIpc) is 3.36. The van der Waals surface area contributed by atoms with E-state index >= 15 is 0 Å². The lowest BCUT2D eigenvalue weighted by Gasteiger charge is -2.19. The maximum Gasteiger partial charge on any atom is 0.244 e. The molecule has 0 spiro atoms. The molecule has 0 radical (unpaired) electrons. The van der Waals surface area contributed by atoms with Gasteiger partial charge in [-0.3, -0.25) is 4.90 Å². The predicted octanol–water partition coefficient (Wildman–Crippen LogP) is 2.69. The van der Waals surface area contributed by atoms with Crippen molar-refractivity contribution in [2.75, 3.05) is 6.54 Å². The van der Waals surface area contributed by atoms with E-state index in [9.17, 15) is 4.39 Å². The number of hydrogen-bond acceptors (Lipinski definition) is 7. The summed E-state index contributed by atoms with van der Waals surface area (Å²) in [5, 5.41) is 13.1. The smallest absolute Gasteiger partial charge is 0.244 e. The molecule has 4 heterocycles. The Morgan fingerprint density at radius 2 is 2.12 bits per heavy atom. The van der Waals surface area contributed by atoms with Gasteiger partial charge in [-0.1, -0.05) is 5.16 Å². The van der Waals surface area contributed by atoms with Crippen LogP contribution in [0.3, 0.4) is 0 Å². The molecule has 4 rings (SSSR count). The third-order valence-corrected chi connectivity index (χ3v) is 4.28.